The highest BCUT2D eigenvalue weighted by Crippen LogP contribution is 2.22. The molecule has 2 rings (SSSR count). The molecule has 0 bridgehead atoms. The van der Waals surface area contributed by atoms with Gasteiger partial charge in [0.25, 0.3) is 0 Å². The van der Waals surface area contributed by atoms with Crippen molar-refractivity contribution in [3.63, 3.8) is 0 Å². The molecule has 5 heteroatoms. The predicted molar refractivity (Wildman–Crippen MR) is 41.8 cm³/mol. The summed E-state index contributed by atoms with van der Waals surface area (Å²) in [5.74, 6) is 0.871. The molecule has 0 aliphatic carbocycles. The number of rotatable bonds is 0. The molecule has 0 spiro atoms. The maximum absolute atomic E-state index is 5.85. The average Bonchev–Trinajstić information content (AvgIpc) is 2.45. The van der Waals surface area contributed by atoms with E-state index in [4.69, 9.17) is 5.73 Å². The average molecular weight is 153 g/mol. The predicted octanol–water partition coefficient (Wildman–Crippen LogP) is -0.318. The van der Waals surface area contributed by atoms with Gasteiger partial charge in [-0.25, -0.2) is 4.98 Å². The molecule has 0 amide bonds. The van der Waals surface area contributed by atoms with Crippen molar-refractivity contribution in [2.45, 2.75) is 6.17 Å². The van der Waals surface area contributed by atoms with E-state index < -0.39 is 0 Å². The van der Waals surface area contributed by atoms with E-state index in [0.29, 0.717) is 0 Å². The van der Waals surface area contributed by atoms with Crippen LogP contribution >= 0.6 is 0 Å². The van der Waals surface area contributed by atoms with Crippen molar-refractivity contribution in [3.8, 4) is 0 Å². The van der Waals surface area contributed by atoms with Crippen molar-refractivity contribution >= 4 is 5.82 Å². The van der Waals surface area contributed by atoms with E-state index in [2.05, 4.69) is 15.3 Å². The second-order valence-electron chi connectivity index (χ2n) is 2.70. The van der Waals surface area contributed by atoms with E-state index in [1.54, 1.807) is 6.33 Å². The molecule has 1 aliphatic rings. The number of hydrogen-bond acceptors (Lipinski definition) is 4. The molecule has 2 heterocycles. The minimum Gasteiger partial charge on any atom is -0.356 e. The van der Waals surface area contributed by atoms with E-state index in [9.17, 15) is 0 Å². The highest BCUT2D eigenvalue weighted by molar-refractivity contribution is 5.43. The minimum atomic E-state index is -0.0613. The topological polar surface area (TPSA) is 70.0 Å². The first-order valence-corrected chi connectivity index (χ1v) is 3.52. The number of H-pyrrole nitrogens is 1. The largest absolute Gasteiger partial charge is 0.356 e. The van der Waals surface area contributed by atoms with Gasteiger partial charge in [-0.1, -0.05) is 0 Å². The maximum atomic E-state index is 5.85. The van der Waals surface area contributed by atoms with Gasteiger partial charge in [-0.15, -0.1) is 0 Å². The molecule has 5 nitrogen and oxygen atoms in total. The fraction of sp³-hybridized carbons (Fsp3) is 0.500. The van der Waals surface area contributed by atoms with Crippen molar-refractivity contribution in [1.82, 2.24) is 14.9 Å². The lowest BCUT2D eigenvalue weighted by molar-refractivity contribution is 0.253. The second kappa shape index (κ2) is 2.21. The van der Waals surface area contributed by atoms with E-state index in [1.165, 1.54) is 0 Å². The zero-order valence-corrected chi connectivity index (χ0v) is 6.33. The molecule has 0 fully saturated rings. The number of nitrogens with two attached hydrogens (primary N) is 1. The fourth-order valence-electron chi connectivity index (χ4n) is 1.19. The quantitative estimate of drug-likeness (QED) is 0.478. The van der Waals surface area contributed by atoms with Crippen molar-refractivity contribution in [3.05, 3.63) is 12.0 Å². The monoisotopic (exact) mass is 153 g/mol. The van der Waals surface area contributed by atoms with Crippen molar-refractivity contribution in [2.75, 3.05) is 19.0 Å². The van der Waals surface area contributed by atoms with Crippen LogP contribution in [0.1, 0.15) is 11.9 Å². The lowest BCUT2D eigenvalue weighted by atomic mass is 10.3. The van der Waals surface area contributed by atoms with Crippen LogP contribution in [-0.4, -0.2) is 28.6 Å². The van der Waals surface area contributed by atoms with Gasteiger partial charge in [-0.2, -0.15) is 0 Å². The Labute approximate surface area is 64.6 Å². The number of anilines is 1. The molecule has 1 aromatic rings. The maximum Gasteiger partial charge on any atom is 0.151 e. The Balaban J connectivity index is 2.38. The molecule has 1 aromatic heterocycles. The van der Waals surface area contributed by atoms with E-state index in [0.717, 1.165) is 18.2 Å². The molecular formula is C6H11N5. The van der Waals surface area contributed by atoms with Gasteiger partial charge in [0.1, 0.15) is 6.17 Å². The van der Waals surface area contributed by atoms with Crippen LogP contribution in [0.15, 0.2) is 6.33 Å². The van der Waals surface area contributed by atoms with Crippen LogP contribution < -0.4 is 11.1 Å². The normalized spacial score (nSPS) is 24.4. The summed E-state index contributed by atoms with van der Waals surface area (Å²) >= 11 is 0. The summed E-state index contributed by atoms with van der Waals surface area (Å²) < 4.78 is 0. The number of aromatic nitrogens is 2. The number of hydrogen-bond donors (Lipinski definition) is 3. The first kappa shape index (κ1) is 6.63. The summed E-state index contributed by atoms with van der Waals surface area (Å²) in [6.07, 6.45) is 1.59. The molecule has 11 heavy (non-hydrogen) atoms. The van der Waals surface area contributed by atoms with Gasteiger partial charge in [0, 0.05) is 0 Å². The van der Waals surface area contributed by atoms with Gasteiger partial charge in [-0.05, 0) is 7.05 Å². The van der Waals surface area contributed by atoms with Crippen LogP contribution in [0.25, 0.3) is 0 Å². The van der Waals surface area contributed by atoms with Crippen molar-refractivity contribution < 1.29 is 0 Å². The molecule has 4 N–H and O–H groups in total. The van der Waals surface area contributed by atoms with Crippen LogP contribution in [0, 0.1) is 0 Å². The summed E-state index contributed by atoms with van der Waals surface area (Å²) in [6, 6.07) is 0. The molecule has 0 saturated heterocycles. The molecule has 0 radical (unpaired) electrons. The van der Waals surface area contributed by atoms with Gasteiger partial charge in [-0.3, -0.25) is 4.90 Å². The summed E-state index contributed by atoms with van der Waals surface area (Å²) in [4.78, 5) is 9.07. The third kappa shape index (κ3) is 0.892. The van der Waals surface area contributed by atoms with Crippen LogP contribution in [-0.2, 0) is 0 Å². The lowest BCUT2D eigenvalue weighted by Gasteiger charge is -2.29. The molecule has 60 valence electrons. The fourth-order valence-corrected chi connectivity index (χ4v) is 1.19. The standard InChI is InChI=1S/C6H11N5/c1-11-3-10-6-4(5(11)7)8-2-9-6/h2,5,10H,3,7H2,1H3,(H,8,9). The Bertz CT molecular complexity index is 255. The molecule has 0 saturated carbocycles. The highest BCUT2D eigenvalue weighted by Gasteiger charge is 2.22. The van der Waals surface area contributed by atoms with Crippen LogP contribution in [0.4, 0.5) is 5.82 Å². The SMILES string of the molecule is CN1CNc2nc[nH]c2C1N. The zero-order valence-electron chi connectivity index (χ0n) is 6.33. The van der Waals surface area contributed by atoms with Gasteiger partial charge < -0.3 is 16.0 Å². The Morgan fingerprint density at radius 2 is 2.64 bits per heavy atom. The highest BCUT2D eigenvalue weighted by atomic mass is 15.3. The van der Waals surface area contributed by atoms with Crippen molar-refractivity contribution in [2.24, 2.45) is 5.73 Å². The minimum absolute atomic E-state index is 0.0613. The third-order valence-corrected chi connectivity index (χ3v) is 1.94. The number of aromatic amines is 1. The lowest BCUT2D eigenvalue weighted by Crippen LogP contribution is -2.39. The second-order valence-corrected chi connectivity index (χ2v) is 2.70. The molecule has 1 aliphatic heterocycles. The Hall–Kier alpha value is -1.07. The molecule has 1 atom stereocenters. The number of imidazole rings is 1. The Kier molecular flexibility index (Phi) is 1.33. The van der Waals surface area contributed by atoms with Crippen LogP contribution in [0.5, 0.6) is 0 Å². The molecule has 0 aromatic carbocycles. The zero-order chi connectivity index (χ0) is 7.84. The molecular weight excluding hydrogens is 142 g/mol. The number of fused-ring (bicyclic) bond motifs is 1. The van der Waals surface area contributed by atoms with Crippen LogP contribution in [0.3, 0.4) is 0 Å². The first-order chi connectivity index (χ1) is 5.29. The number of nitrogens with zero attached hydrogens (tertiary/aromatic N) is 2. The van der Waals surface area contributed by atoms with Gasteiger partial charge >= 0.3 is 0 Å². The first-order valence-electron chi connectivity index (χ1n) is 3.52. The van der Waals surface area contributed by atoms with E-state index in [1.807, 2.05) is 11.9 Å². The summed E-state index contributed by atoms with van der Waals surface area (Å²) in [7, 11) is 1.96. The van der Waals surface area contributed by atoms with Crippen molar-refractivity contribution in [1.29, 1.82) is 0 Å². The van der Waals surface area contributed by atoms with Gasteiger partial charge in [0.15, 0.2) is 5.82 Å². The summed E-state index contributed by atoms with van der Waals surface area (Å²) in [6.45, 7) is 0.749. The van der Waals surface area contributed by atoms with Gasteiger partial charge in [0.2, 0.25) is 0 Å². The Morgan fingerprint density at radius 3 is 3.45 bits per heavy atom. The number of nitrogens with one attached hydrogen (secondary N) is 2. The summed E-state index contributed by atoms with van der Waals surface area (Å²) in [5, 5.41) is 3.13. The summed E-state index contributed by atoms with van der Waals surface area (Å²) in [5.41, 5.74) is 6.81. The smallest absolute Gasteiger partial charge is 0.151 e. The Morgan fingerprint density at radius 1 is 1.82 bits per heavy atom. The van der Waals surface area contributed by atoms with E-state index in [-0.39, 0.29) is 6.17 Å². The van der Waals surface area contributed by atoms with E-state index >= 15 is 0 Å². The molecule has 1 unspecified atom stereocenters. The van der Waals surface area contributed by atoms with Gasteiger partial charge in [0.05, 0.1) is 18.7 Å². The van der Waals surface area contributed by atoms with Crippen LogP contribution in [0.2, 0.25) is 0 Å². The third-order valence-electron chi connectivity index (χ3n) is 1.94.